The molecule has 2 aromatic rings. The van der Waals surface area contributed by atoms with Gasteiger partial charge in [0.25, 0.3) is 10.0 Å². The number of aliphatic hydroxyl groups is 1. The van der Waals surface area contributed by atoms with Crippen molar-refractivity contribution in [2.24, 2.45) is 0 Å². The van der Waals surface area contributed by atoms with E-state index in [4.69, 9.17) is 0 Å². The first-order chi connectivity index (χ1) is 14.0. The van der Waals surface area contributed by atoms with Gasteiger partial charge in [-0.2, -0.15) is 17.5 Å². The molecule has 0 aliphatic carbocycles. The lowest BCUT2D eigenvalue weighted by Crippen LogP contribution is -2.54. The number of rotatable bonds is 4. The molecule has 30 heavy (non-hydrogen) atoms. The van der Waals surface area contributed by atoms with Crippen LogP contribution in [0.4, 0.5) is 18.9 Å². The van der Waals surface area contributed by atoms with Gasteiger partial charge < -0.3 is 10.0 Å². The fraction of sp³-hybridized carbons (Fsp3) is 0.421. The Kier molecular flexibility index (Phi) is 6.15. The van der Waals surface area contributed by atoms with Gasteiger partial charge in [0, 0.05) is 36.9 Å². The fourth-order valence-corrected chi connectivity index (χ4v) is 5.57. The number of nitrogens with zero attached hydrogens (tertiary/aromatic N) is 3. The number of aromatic nitrogens is 1. The molecule has 0 radical (unpaired) electrons. The molecule has 1 saturated heterocycles. The zero-order valence-electron chi connectivity index (χ0n) is 16.2. The van der Waals surface area contributed by atoms with Crippen molar-refractivity contribution in [3.63, 3.8) is 0 Å². The molecule has 6 nitrogen and oxygen atoms in total. The molecule has 1 N–H and O–H groups in total. The summed E-state index contributed by atoms with van der Waals surface area (Å²) >= 11 is 1.04. The average molecular weight is 460 g/mol. The number of alkyl halides is 3. The van der Waals surface area contributed by atoms with E-state index in [1.807, 2.05) is 4.90 Å². The lowest BCUT2D eigenvalue weighted by atomic mass is 9.95. The van der Waals surface area contributed by atoms with Crippen molar-refractivity contribution in [3.8, 4) is 11.8 Å². The van der Waals surface area contributed by atoms with Gasteiger partial charge in [-0.05, 0) is 31.5 Å². The first-order valence-corrected chi connectivity index (χ1v) is 11.3. The molecule has 3 rings (SSSR count). The molecule has 162 valence electrons. The van der Waals surface area contributed by atoms with Crippen molar-refractivity contribution in [2.45, 2.75) is 36.0 Å². The fourth-order valence-electron chi connectivity index (χ4n) is 3.16. The van der Waals surface area contributed by atoms with Crippen LogP contribution in [0.15, 0.2) is 40.2 Å². The highest BCUT2D eigenvalue weighted by atomic mass is 32.2. The monoisotopic (exact) mass is 459 g/mol. The van der Waals surface area contributed by atoms with E-state index >= 15 is 0 Å². The molecule has 11 heteroatoms. The van der Waals surface area contributed by atoms with E-state index in [0.717, 1.165) is 11.3 Å². The third kappa shape index (κ3) is 4.18. The van der Waals surface area contributed by atoms with Crippen molar-refractivity contribution in [2.75, 3.05) is 24.5 Å². The van der Waals surface area contributed by atoms with Crippen LogP contribution in [-0.4, -0.2) is 54.7 Å². The number of anilines is 1. The highest BCUT2D eigenvalue weighted by Crippen LogP contribution is 2.39. The molecule has 1 unspecified atom stereocenters. The van der Waals surface area contributed by atoms with Crippen LogP contribution in [0.2, 0.25) is 0 Å². The second kappa shape index (κ2) is 8.19. The maximum absolute atomic E-state index is 13.1. The summed E-state index contributed by atoms with van der Waals surface area (Å²) in [5.74, 6) is 5.76. The molecule has 0 amide bonds. The molecular formula is C19H20F3N3O3S2. The van der Waals surface area contributed by atoms with Crippen LogP contribution in [-0.2, 0) is 15.6 Å². The van der Waals surface area contributed by atoms with Crippen LogP contribution in [0.1, 0.15) is 19.4 Å². The topological polar surface area (TPSA) is 73.7 Å². The van der Waals surface area contributed by atoms with Crippen LogP contribution >= 0.6 is 11.3 Å². The van der Waals surface area contributed by atoms with Crippen LogP contribution in [0.25, 0.3) is 0 Å². The van der Waals surface area contributed by atoms with Crippen molar-refractivity contribution in [1.82, 2.24) is 9.29 Å². The summed E-state index contributed by atoms with van der Waals surface area (Å²) in [4.78, 5) is 5.73. The minimum atomic E-state index is -4.81. The summed E-state index contributed by atoms with van der Waals surface area (Å²) in [5.41, 5.74) is -2.65. The Morgan fingerprint density at radius 2 is 1.90 bits per heavy atom. The molecule has 2 atom stereocenters. The number of sulfonamides is 1. The van der Waals surface area contributed by atoms with Gasteiger partial charge in [-0.25, -0.2) is 13.4 Å². The summed E-state index contributed by atoms with van der Waals surface area (Å²) in [6.07, 6.45) is -3.38. The van der Waals surface area contributed by atoms with Crippen LogP contribution in [0, 0.1) is 11.8 Å². The molecule has 1 aromatic heterocycles. The van der Waals surface area contributed by atoms with Crippen molar-refractivity contribution >= 4 is 27.0 Å². The molecular weight excluding hydrogens is 439 g/mol. The van der Waals surface area contributed by atoms with Crippen LogP contribution in [0.5, 0.6) is 0 Å². The second-order valence-corrected chi connectivity index (χ2v) is 9.89. The summed E-state index contributed by atoms with van der Waals surface area (Å²) in [5, 5.41) is 11.4. The van der Waals surface area contributed by atoms with Crippen molar-refractivity contribution in [1.29, 1.82) is 0 Å². The smallest absolute Gasteiger partial charge is 0.376 e. The molecule has 0 spiro atoms. The van der Waals surface area contributed by atoms with Crippen molar-refractivity contribution in [3.05, 3.63) is 41.4 Å². The zero-order chi connectivity index (χ0) is 22.2. The highest BCUT2D eigenvalue weighted by Gasteiger charge is 2.51. The number of halogens is 3. The predicted octanol–water partition coefficient (Wildman–Crippen LogP) is 2.82. The quantitative estimate of drug-likeness (QED) is 0.712. The average Bonchev–Trinajstić information content (AvgIpc) is 3.23. The first-order valence-electron chi connectivity index (χ1n) is 8.96. The van der Waals surface area contributed by atoms with Gasteiger partial charge >= 0.3 is 6.18 Å². The lowest BCUT2D eigenvalue weighted by molar-refractivity contribution is -0.258. The van der Waals surface area contributed by atoms with E-state index in [1.165, 1.54) is 34.8 Å². The van der Waals surface area contributed by atoms with Crippen LogP contribution in [0.3, 0.4) is 0 Å². The van der Waals surface area contributed by atoms with Gasteiger partial charge in [-0.1, -0.05) is 18.1 Å². The maximum atomic E-state index is 13.1. The molecule has 1 aliphatic rings. The normalized spacial score (nSPS) is 20.3. The molecule has 0 bridgehead atoms. The number of hydrogen-bond donors (Lipinski definition) is 1. The summed E-state index contributed by atoms with van der Waals surface area (Å²) in [6, 6.07) is 4.92. The Labute approximate surface area is 177 Å². The third-order valence-electron chi connectivity index (χ3n) is 4.94. The number of benzene rings is 1. The molecule has 1 fully saturated rings. The standard InChI is InChI=1S/C19H20F3N3O3S2/c1-3-4-16-13-24(30(27,28)17-23-9-12-29-17)10-11-25(16)15-7-5-14(6-8-15)18(2,26)19(20,21)22/h5-9,12,16,26H,10-11,13H2,1-2H3/t16-,18?/m1/s1. The Morgan fingerprint density at radius 3 is 2.43 bits per heavy atom. The van der Waals surface area contributed by atoms with Gasteiger partial charge in [0.2, 0.25) is 4.34 Å². The van der Waals surface area contributed by atoms with Gasteiger partial charge in [0.1, 0.15) is 6.04 Å². The van der Waals surface area contributed by atoms with E-state index in [9.17, 15) is 26.7 Å². The summed E-state index contributed by atoms with van der Waals surface area (Å²) in [6.45, 7) is 2.93. The molecule has 2 heterocycles. The minimum Gasteiger partial charge on any atom is -0.376 e. The minimum absolute atomic E-state index is 0.0119. The SMILES string of the molecule is CC#C[C@@H]1CN(S(=O)(=O)c2nccs2)CCN1c1ccc(C(C)(O)C(F)(F)F)cc1. The largest absolute Gasteiger partial charge is 0.421 e. The number of hydrogen-bond acceptors (Lipinski definition) is 6. The maximum Gasteiger partial charge on any atom is 0.421 e. The third-order valence-corrected chi connectivity index (χ3v) is 7.98. The predicted molar refractivity (Wildman–Crippen MR) is 108 cm³/mol. The van der Waals surface area contributed by atoms with Gasteiger partial charge in [0.15, 0.2) is 5.60 Å². The lowest BCUT2D eigenvalue weighted by Gasteiger charge is -2.39. The van der Waals surface area contributed by atoms with E-state index in [2.05, 4.69) is 16.8 Å². The number of piperazine rings is 1. The Bertz CT molecular complexity index is 1040. The molecule has 1 aliphatic heterocycles. The zero-order valence-corrected chi connectivity index (χ0v) is 17.9. The highest BCUT2D eigenvalue weighted by molar-refractivity contribution is 7.91. The van der Waals surface area contributed by atoms with Crippen molar-refractivity contribution < 1.29 is 26.7 Å². The Morgan fingerprint density at radius 1 is 1.23 bits per heavy atom. The Balaban J connectivity index is 1.84. The number of thiazole rings is 1. The van der Waals surface area contributed by atoms with E-state index in [1.54, 1.807) is 12.3 Å². The molecule has 0 saturated carbocycles. The molecule has 1 aromatic carbocycles. The van der Waals surface area contributed by atoms with E-state index in [-0.39, 0.29) is 23.0 Å². The first kappa shape index (κ1) is 22.6. The second-order valence-electron chi connectivity index (χ2n) is 6.88. The summed E-state index contributed by atoms with van der Waals surface area (Å²) < 4.78 is 66.0. The van der Waals surface area contributed by atoms with Crippen LogP contribution < -0.4 is 4.90 Å². The van der Waals surface area contributed by atoms with Gasteiger partial charge in [-0.15, -0.1) is 17.3 Å². The van der Waals surface area contributed by atoms with Gasteiger partial charge in [0.05, 0.1) is 0 Å². The summed E-state index contributed by atoms with van der Waals surface area (Å²) in [7, 11) is -3.73. The Hall–Kier alpha value is -2.13. The van der Waals surface area contributed by atoms with E-state index in [0.29, 0.717) is 19.2 Å². The van der Waals surface area contributed by atoms with E-state index < -0.39 is 27.8 Å². The van der Waals surface area contributed by atoms with Gasteiger partial charge in [-0.3, -0.25) is 0 Å².